The second kappa shape index (κ2) is 5.73. The molecular formula is C12H18BrNO4. The summed E-state index contributed by atoms with van der Waals surface area (Å²) in [6.45, 7) is 5.80. The number of ether oxygens (including phenoxy) is 2. The molecule has 5 nitrogen and oxygen atoms in total. The molecule has 1 aliphatic heterocycles. The van der Waals surface area contributed by atoms with Crippen molar-refractivity contribution in [1.82, 2.24) is 4.90 Å². The highest BCUT2D eigenvalue weighted by atomic mass is 79.9. The topological polar surface area (TPSA) is 55.8 Å². The Balaban J connectivity index is 2.96. The van der Waals surface area contributed by atoms with Gasteiger partial charge in [-0.1, -0.05) is 15.9 Å². The zero-order valence-electron chi connectivity index (χ0n) is 11.1. The number of amides is 1. The van der Waals surface area contributed by atoms with Crippen LogP contribution in [0, 0.1) is 0 Å². The van der Waals surface area contributed by atoms with Gasteiger partial charge in [0, 0.05) is 11.0 Å². The fraction of sp³-hybridized carbons (Fsp3) is 0.667. The van der Waals surface area contributed by atoms with Crippen LogP contribution < -0.4 is 0 Å². The number of esters is 1. The zero-order valence-corrected chi connectivity index (χ0v) is 12.7. The van der Waals surface area contributed by atoms with Gasteiger partial charge in [-0.25, -0.2) is 9.59 Å². The van der Waals surface area contributed by atoms with Gasteiger partial charge < -0.3 is 9.47 Å². The lowest BCUT2D eigenvalue weighted by Gasteiger charge is -2.31. The maximum Gasteiger partial charge on any atom is 0.415 e. The predicted molar refractivity (Wildman–Crippen MR) is 70.1 cm³/mol. The predicted octanol–water partition coefficient (Wildman–Crippen LogP) is 2.80. The van der Waals surface area contributed by atoms with Crippen molar-refractivity contribution in [1.29, 1.82) is 0 Å². The molecule has 0 aromatic carbocycles. The summed E-state index contributed by atoms with van der Waals surface area (Å²) >= 11 is 3.31. The highest BCUT2D eigenvalue weighted by Gasteiger charge is 2.32. The van der Waals surface area contributed by atoms with E-state index in [2.05, 4.69) is 15.9 Å². The Hall–Kier alpha value is -1.04. The molecule has 0 N–H and O–H groups in total. The fourth-order valence-electron chi connectivity index (χ4n) is 1.59. The first-order valence-electron chi connectivity index (χ1n) is 5.73. The van der Waals surface area contributed by atoms with Crippen LogP contribution in [0.5, 0.6) is 0 Å². The van der Waals surface area contributed by atoms with Gasteiger partial charge in [-0.3, -0.25) is 4.90 Å². The molecule has 0 aliphatic carbocycles. The number of methoxy groups -OCH3 is 1. The van der Waals surface area contributed by atoms with Crippen molar-refractivity contribution < 1.29 is 19.1 Å². The number of rotatable bonds is 1. The van der Waals surface area contributed by atoms with E-state index >= 15 is 0 Å². The second-order valence-corrected chi connectivity index (χ2v) is 5.94. The molecule has 0 fully saturated rings. The number of hydrogen-bond donors (Lipinski definition) is 0. The van der Waals surface area contributed by atoms with E-state index in [0.717, 1.165) is 6.42 Å². The van der Waals surface area contributed by atoms with Crippen LogP contribution in [0.25, 0.3) is 0 Å². The van der Waals surface area contributed by atoms with Gasteiger partial charge in [-0.2, -0.15) is 0 Å². The normalized spacial score (nSPS) is 16.6. The summed E-state index contributed by atoms with van der Waals surface area (Å²) in [5.74, 6) is -0.535. The Kier molecular flexibility index (Phi) is 4.78. The van der Waals surface area contributed by atoms with E-state index in [1.165, 1.54) is 12.0 Å². The Morgan fingerprint density at radius 2 is 1.94 bits per heavy atom. The molecule has 1 heterocycles. The first-order chi connectivity index (χ1) is 8.26. The average molecular weight is 320 g/mol. The van der Waals surface area contributed by atoms with Crippen molar-refractivity contribution >= 4 is 28.0 Å². The Labute approximate surface area is 115 Å². The zero-order chi connectivity index (χ0) is 13.9. The Morgan fingerprint density at radius 3 is 2.44 bits per heavy atom. The van der Waals surface area contributed by atoms with Crippen LogP contribution in [0.2, 0.25) is 0 Å². The fourth-order valence-corrected chi connectivity index (χ4v) is 2.24. The van der Waals surface area contributed by atoms with Crippen molar-refractivity contribution in [2.45, 2.75) is 39.2 Å². The molecule has 102 valence electrons. The van der Waals surface area contributed by atoms with Crippen LogP contribution in [0.4, 0.5) is 4.79 Å². The van der Waals surface area contributed by atoms with Crippen LogP contribution >= 0.6 is 15.9 Å². The quantitative estimate of drug-likeness (QED) is 0.697. The number of carbonyl (C=O) groups excluding carboxylic acids is 2. The van der Waals surface area contributed by atoms with Crippen LogP contribution in [0.3, 0.4) is 0 Å². The molecule has 0 aromatic rings. The molecule has 0 saturated heterocycles. The maximum absolute atomic E-state index is 12.0. The minimum atomic E-state index is -0.595. The van der Waals surface area contributed by atoms with E-state index < -0.39 is 17.7 Å². The van der Waals surface area contributed by atoms with Crippen molar-refractivity contribution in [2.24, 2.45) is 0 Å². The van der Waals surface area contributed by atoms with Gasteiger partial charge in [0.25, 0.3) is 0 Å². The first-order valence-corrected chi connectivity index (χ1v) is 6.53. The molecule has 0 unspecified atom stereocenters. The molecule has 0 atom stereocenters. The molecular weight excluding hydrogens is 302 g/mol. The summed E-state index contributed by atoms with van der Waals surface area (Å²) in [6.07, 6.45) is 0.962. The Morgan fingerprint density at radius 1 is 1.33 bits per heavy atom. The summed E-state index contributed by atoms with van der Waals surface area (Å²) in [6, 6.07) is 0. The van der Waals surface area contributed by atoms with E-state index in [1.54, 1.807) is 20.8 Å². The summed E-state index contributed by atoms with van der Waals surface area (Å²) < 4.78 is 10.6. The van der Waals surface area contributed by atoms with Gasteiger partial charge in [-0.05, 0) is 33.6 Å². The maximum atomic E-state index is 12.0. The van der Waals surface area contributed by atoms with Crippen molar-refractivity contribution in [3.8, 4) is 0 Å². The minimum absolute atomic E-state index is 0.234. The summed E-state index contributed by atoms with van der Waals surface area (Å²) in [5, 5.41) is 0. The van der Waals surface area contributed by atoms with Crippen LogP contribution in [-0.2, 0) is 14.3 Å². The number of halogens is 1. The molecule has 0 aromatic heterocycles. The molecule has 0 saturated carbocycles. The Bertz CT molecular complexity index is 384. The standard InChI is InChI=1S/C12H18BrNO4/c1-12(2,3)18-11(16)14-7-5-6-8(13)9(14)10(15)17-4/h5-7H2,1-4H3. The van der Waals surface area contributed by atoms with E-state index in [1.807, 2.05) is 0 Å². The highest BCUT2D eigenvalue weighted by molar-refractivity contribution is 9.11. The van der Waals surface area contributed by atoms with E-state index in [4.69, 9.17) is 9.47 Å². The molecule has 6 heteroatoms. The number of nitrogens with zero attached hydrogens (tertiary/aromatic N) is 1. The van der Waals surface area contributed by atoms with Crippen molar-refractivity contribution in [2.75, 3.05) is 13.7 Å². The number of hydrogen-bond acceptors (Lipinski definition) is 4. The van der Waals surface area contributed by atoms with Gasteiger partial charge in [0.1, 0.15) is 11.3 Å². The number of allylic oxidation sites excluding steroid dienone is 1. The van der Waals surface area contributed by atoms with Gasteiger partial charge in [0.05, 0.1) is 7.11 Å². The SMILES string of the molecule is COC(=O)C1=C(Br)CCCN1C(=O)OC(C)(C)C. The van der Waals surface area contributed by atoms with Crippen LogP contribution in [-0.4, -0.2) is 36.2 Å². The third kappa shape index (κ3) is 3.73. The summed E-state index contributed by atoms with van der Waals surface area (Å²) in [4.78, 5) is 25.1. The van der Waals surface area contributed by atoms with Crippen LogP contribution in [0.15, 0.2) is 10.2 Å². The van der Waals surface area contributed by atoms with Gasteiger partial charge >= 0.3 is 12.1 Å². The monoisotopic (exact) mass is 319 g/mol. The van der Waals surface area contributed by atoms with Crippen LogP contribution in [0.1, 0.15) is 33.6 Å². The minimum Gasteiger partial charge on any atom is -0.464 e. The largest absolute Gasteiger partial charge is 0.464 e. The average Bonchev–Trinajstić information content (AvgIpc) is 2.25. The van der Waals surface area contributed by atoms with Gasteiger partial charge in [0.2, 0.25) is 0 Å². The highest BCUT2D eigenvalue weighted by Crippen LogP contribution is 2.28. The molecule has 0 spiro atoms. The van der Waals surface area contributed by atoms with Gasteiger partial charge in [0.15, 0.2) is 0 Å². The molecule has 1 rings (SSSR count). The summed E-state index contributed by atoms with van der Waals surface area (Å²) in [5.41, 5.74) is -0.361. The van der Waals surface area contributed by atoms with E-state index in [0.29, 0.717) is 17.4 Å². The molecule has 1 aliphatic rings. The smallest absolute Gasteiger partial charge is 0.415 e. The molecule has 0 radical (unpaired) electrons. The lowest BCUT2D eigenvalue weighted by atomic mass is 10.1. The van der Waals surface area contributed by atoms with E-state index in [9.17, 15) is 9.59 Å². The lowest BCUT2D eigenvalue weighted by Crippen LogP contribution is -2.41. The van der Waals surface area contributed by atoms with Crippen molar-refractivity contribution in [3.05, 3.63) is 10.2 Å². The lowest BCUT2D eigenvalue weighted by molar-refractivity contribution is -0.138. The number of carbonyl (C=O) groups is 2. The molecule has 1 amide bonds. The third-order valence-corrected chi connectivity index (χ3v) is 3.07. The molecule has 18 heavy (non-hydrogen) atoms. The second-order valence-electron chi connectivity index (χ2n) is 4.98. The van der Waals surface area contributed by atoms with Crippen molar-refractivity contribution in [3.63, 3.8) is 0 Å². The van der Waals surface area contributed by atoms with Gasteiger partial charge in [-0.15, -0.1) is 0 Å². The first kappa shape index (κ1) is 15.0. The van der Waals surface area contributed by atoms with E-state index in [-0.39, 0.29) is 5.70 Å². The third-order valence-electron chi connectivity index (χ3n) is 2.30. The summed E-state index contributed by atoms with van der Waals surface area (Å²) in [7, 11) is 1.29. The molecule has 0 bridgehead atoms.